The molecule has 102 valence electrons. The number of hydrogen-bond acceptors (Lipinski definition) is 4. The van der Waals surface area contributed by atoms with Gasteiger partial charge >= 0.3 is 0 Å². The molecule has 0 aliphatic carbocycles. The normalized spacial score (nSPS) is 12.5. The van der Waals surface area contributed by atoms with Crippen molar-refractivity contribution in [2.24, 2.45) is 5.73 Å². The van der Waals surface area contributed by atoms with Crippen molar-refractivity contribution in [3.63, 3.8) is 0 Å². The van der Waals surface area contributed by atoms with Gasteiger partial charge in [-0.05, 0) is 31.5 Å². The molecule has 0 spiro atoms. The van der Waals surface area contributed by atoms with Crippen LogP contribution < -0.4 is 10.6 Å². The van der Waals surface area contributed by atoms with Crippen molar-refractivity contribution in [3.05, 3.63) is 45.4 Å². The number of thiazole rings is 1. The number of benzene rings is 1. The lowest BCUT2D eigenvalue weighted by Crippen LogP contribution is -2.15. The van der Waals surface area contributed by atoms with Crippen molar-refractivity contribution in [1.29, 1.82) is 0 Å². The van der Waals surface area contributed by atoms with Gasteiger partial charge in [0.15, 0.2) is 5.13 Å². The molecule has 1 aromatic carbocycles. The second kappa shape index (κ2) is 5.90. The van der Waals surface area contributed by atoms with Crippen LogP contribution in [0.4, 0.5) is 5.13 Å². The zero-order valence-electron chi connectivity index (χ0n) is 11.4. The minimum Gasteiger partial charge on any atom is -0.347 e. The average molecular weight is 296 g/mol. The summed E-state index contributed by atoms with van der Waals surface area (Å²) in [6.07, 6.45) is 0. The summed E-state index contributed by atoms with van der Waals surface area (Å²) < 4.78 is 0. The molecule has 1 heterocycles. The molecule has 2 N–H and O–H groups in total. The van der Waals surface area contributed by atoms with Crippen LogP contribution >= 0.6 is 22.9 Å². The lowest BCUT2D eigenvalue weighted by Gasteiger charge is -2.15. The summed E-state index contributed by atoms with van der Waals surface area (Å²) in [4.78, 5) is 7.87. The third-order valence-corrected chi connectivity index (χ3v) is 4.62. The Morgan fingerprint density at radius 3 is 2.53 bits per heavy atom. The van der Waals surface area contributed by atoms with E-state index >= 15 is 0 Å². The van der Waals surface area contributed by atoms with Gasteiger partial charge in [0.05, 0.1) is 5.69 Å². The molecule has 0 bridgehead atoms. The Labute approximate surface area is 123 Å². The third kappa shape index (κ3) is 3.47. The van der Waals surface area contributed by atoms with Crippen LogP contribution in [0.5, 0.6) is 0 Å². The van der Waals surface area contributed by atoms with Gasteiger partial charge in [-0.15, -0.1) is 11.3 Å². The fourth-order valence-electron chi connectivity index (χ4n) is 1.91. The molecule has 0 amide bonds. The van der Waals surface area contributed by atoms with Crippen LogP contribution in [0.1, 0.15) is 29.1 Å². The molecule has 1 aromatic heterocycles. The number of aromatic nitrogens is 1. The Balaban J connectivity index is 2.13. The molecule has 5 heteroatoms. The summed E-state index contributed by atoms with van der Waals surface area (Å²) >= 11 is 7.55. The number of nitrogens with two attached hydrogens (primary N) is 1. The molecule has 0 saturated carbocycles. The van der Waals surface area contributed by atoms with E-state index in [1.807, 2.05) is 45.2 Å². The second-order valence-electron chi connectivity index (χ2n) is 4.72. The highest BCUT2D eigenvalue weighted by Crippen LogP contribution is 2.29. The molecule has 0 saturated heterocycles. The summed E-state index contributed by atoms with van der Waals surface area (Å²) in [5.41, 5.74) is 8.17. The van der Waals surface area contributed by atoms with Gasteiger partial charge in [0.1, 0.15) is 0 Å². The summed E-state index contributed by atoms with van der Waals surface area (Å²) in [6, 6.07) is 7.92. The average Bonchev–Trinajstić information content (AvgIpc) is 2.74. The number of aryl methyl sites for hydroxylation is 1. The SMILES string of the molecule is Cc1nc(N(C)Cc2ccc(Cl)cc2)sc1C(C)N. The quantitative estimate of drug-likeness (QED) is 0.934. The standard InChI is InChI=1S/C14H18ClN3S/c1-9(16)13-10(2)17-14(19-13)18(3)8-11-4-6-12(15)7-5-11/h4-7,9H,8,16H2,1-3H3. The summed E-state index contributed by atoms with van der Waals surface area (Å²) in [5, 5.41) is 1.76. The number of anilines is 1. The summed E-state index contributed by atoms with van der Waals surface area (Å²) in [7, 11) is 2.04. The third-order valence-electron chi connectivity index (χ3n) is 2.89. The minimum atomic E-state index is 0.0372. The molecule has 0 aliphatic rings. The van der Waals surface area contributed by atoms with Gasteiger partial charge < -0.3 is 10.6 Å². The van der Waals surface area contributed by atoms with E-state index in [-0.39, 0.29) is 6.04 Å². The zero-order chi connectivity index (χ0) is 14.0. The number of hydrogen-bond donors (Lipinski definition) is 1. The van der Waals surface area contributed by atoms with E-state index in [2.05, 4.69) is 9.88 Å². The van der Waals surface area contributed by atoms with E-state index in [0.29, 0.717) is 0 Å². The van der Waals surface area contributed by atoms with E-state index < -0.39 is 0 Å². The Morgan fingerprint density at radius 2 is 2.00 bits per heavy atom. The molecule has 0 aliphatic heterocycles. The van der Waals surface area contributed by atoms with Gasteiger partial charge in [0, 0.05) is 29.5 Å². The lowest BCUT2D eigenvalue weighted by molar-refractivity contribution is 0.824. The van der Waals surface area contributed by atoms with E-state index in [1.165, 1.54) is 5.56 Å². The van der Waals surface area contributed by atoms with Gasteiger partial charge in [-0.2, -0.15) is 0 Å². The largest absolute Gasteiger partial charge is 0.347 e. The van der Waals surface area contributed by atoms with Crippen molar-refractivity contribution in [2.75, 3.05) is 11.9 Å². The molecule has 2 rings (SSSR count). The molecular weight excluding hydrogens is 278 g/mol. The Morgan fingerprint density at radius 1 is 1.37 bits per heavy atom. The predicted octanol–water partition coefficient (Wildman–Crippen LogP) is 3.76. The van der Waals surface area contributed by atoms with Gasteiger partial charge in [0.25, 0.3) is 0 Å². The van der Waals surface area contributed by atoms with Crippen LogP contribution in [0.25, 0.3) is 0 Å². The summed E-state index contributed by atoms with van der Waals surface area (Å²) in [5.74, 6) is 0. The predicted molar refractivity (Wildman–Crippen MR) is 83.0 cm³/mol. The topological polar surface area (TPSA) is 42.2 Å². The maximum atomic E-state index is 5.93. The molecular formula is C14H18ClN3S. The van der Waals surface area contributed by atoms with Crippen molar-refractivity contribution in [2.45, 2.75) is 26.4 Å². The smallest absolute Gasteiger partial charge is 0.185 e. The van der Waals surface area contributed by atoms with Crippen LogP contribution in [-0.2, 0) is 6.54 Å². The first-order valence-corrected chi connectivity index (χ1v) is 7.35. The summed E-state index contributed by atoms with van der Waals surface area (Å²) in [6.45, 7) is 4.81. The molecule has 0 fully saturated rings. The monoisotopic (exact) mass is 295 g/mol. The maximum absolute atomic E-state index is 5.93. The van der Waals surface area contributed by atoms with Crippen LogP contribution in [0.3, 0.4) is 0 Å². The van der Waals surface area contributed by atoms with Crippen molar-refractivity contribution < 1.29 is 0 Å². The minimum absolute atomic E-state index is 0.0372. The zero-order valence-corrected chi connectivity index (χ0v) is 12.9. The fraction of sp³-hybridized carbons (Fsp3) is 0.357. The van der Waals surface area contributed by atoms with Crippen LogP contribution in [-0.4, -0.2) is 12.0 Å². The molecule has 3 nitrogen and oxygen atoms in total. The molecule has 2 aromatic rings. The maximum Gasteiger partial charge on any atom is 0.185 e. The van der Waals surface area contributed by atoms with Crippen molar-refractivity contribution >= 4 is 28.1 Å². The highest BCUT2D eigenvalue weighted by atomic mass is 35.5. The first-order valence-electron chi connectivity index (χ1n) is 6.16. The Bertz CT molecular complexity index is 548. The Kier molecular flexibility index (Phi) is 4.45. The van der Waals surface area contributed by atoms with Gasteiger partial charge in [0.2, 0.25) is 0 Å². The second-order valence-corrected chi connectivity index (χ2v) is 6.16. The highest BCUT2D eigenvalue weighted by molar-refractivity contribution is 7.15. The first-order chi connectivity index (χ1) is 8.97. The number of halogens is 1. The van der Waals surface area contributed by atoms with Crippen molar-refractivity contribution in [1.82, 2.24) is 4.98 Å². The molecule has 1 unspecified atom stereocenters. The van der Waals surface area contributed by atoms with Crippen LogP contribution in [0.15, 0.2) is 24.3 Å². The molecule has 0 radical (unpaired) electrons. The van der Waals surface area contributed by atoms with E-state index in [4.69, 9.17) is 17.3 Å². The number of nitrogens with zero attached hydrogens (tertiary/aromatic N) is 2. The molecule has 1 atom stereocenters. The Hall–Kier alpha value is -1.10. The number of rotatable bonds is 4. The van der Waals surface area contributed by atoms with E-state index in [1.54, 1.807) is 11.3 Å². The van der Waals surface area contributed by atoms with Crippen LogP contribution in [0.2, 0.25) is 5.02 Å². The van der Waals surface area contributed by atoms with Gasteiger partial charge in [-0.1, -0.05) is 23.7 Å². The van der Waals surface area contributed by atoms with Crippen LogP contribution in [0, 0.1) is 6.92 Å². The fourth-order valence-corrected chi connectivity index (χ4v) is 3.02. The van der Waals surface area contributed by atoms with E-state index in [0.717, 1.165) is 27.3 Å². The van der Waals surface area contributed by atoms with Crippen molar-refractivity contribution in [3.8, 4) is 0 Å². The first kappa shape index (κ1) is 14.3. The lowest BCUT2D eigenvalue weighted by atomic mass is 10.2. The van der Waals surface area contributed by atoms with Gasteiger partial charge in [-0.25, -0.2) is 4.98 Å². The molecule has 19 heavy (non-hydrogen) atoms. The highest BCUT2D eigenvalue weighted by Gasteiger charge is 2.14. The van der Waals surface area contributed by atoms with E-state index in [9.17, 15) is 0 Å². The van der Waals surface area contributed by atoms with Gasteiger partial charge in [-0.3, -0.25) is 0 Å².